The van der Waals surface area contributed by atoms with Crippen molar-refractivity contribution < 1.29 is 14.6 Å². The van der Waals surface area contributed by atoms with E-state index in [1.54, 1.807) is 18.2 Å². The molecule has 0 amide bonds. The Morgan fingerprint density at radius 3 is 3.00 bits per heavy atom. The molecule has 0 spiro atoms. The van der Waals surface area contributed by atoms with Crippen molar-refractivity contribution in [1.29, 1.82) is 0 Å². The van der Waals surface area contributed by atoms with Gasteiger partial charge >= 0.3 is 10.8 Å². The third-order valence-corrected chi connectivity index (χ3v) is 2.91. The van der Waals surface area contributed by atoms with E-state index in [0.29, 0.717) is 11.3 Å². The van der Waals surface area contributed by atoms with E-state index < -0.39 is 12.1 Å². The number of fused-ring (bicyclic) bond motifs is 1. The van der Waals surface area contributed by atoms with E-state index >= 15 is 0 Å². The molecule has 16 heavy (non-hydrogen) atoms. The van der Waals surface area contributed by atoms with Gasteiger partial charge in [-0.15, -0.1) is 0 Å². The molecule has 2 N–H and O–H groups in total. The van der Waals surface area contributed by atoms with Crippen LogP contribution in [0, 0.1) is 0 Å². The maximum atomic E-state index is 11.1. The van der Waals surface area contributed by atoms with E-state index in [4.69, 9.17) is 9.84 Å². The highest BCUT2D eigenvalue weighted by atomic mass is 32.1. The highest BCUT2D eigenvalue weighted by Gasteiger charge is 2.12. The monoisotopic (exact) mass is 239 g/mol. The first kappa shape index (κ1) is 10.7. The molecule has 0 saturated carbocycles. The summed E-state index contributed by atoms with van der Waals surface area (Å²) in [4.78, 5) is 24.1. The average molecular weight is 239 g/mol. The molecular weight excluding hydrogens is 230 g/mol. The maximum absolute atomic E-state index is 11.1. The van der Waals surface area contributed by atoms with Crippen molar-refractivity contribution >= 4 is 27.5 Å². The van der Waals surface area contributed by atoms with Crippen molar-refractivity contribution in [2.45, 2.75) is 13.0 Å². The van der Waals surface area contributed by atoms with Crippen LogP contribution in [0.25, 0.3) is 10.2 Å². The zero-order valence-electron chi connectivity index (χ0n) is 8.39. The van der Waals surface area contributed by atoms with Gasteiger partial charge < -0.3 is 14.8 Å². The number of carboxylic acids is 1. The lowest BCUT2D eigenvalue weighted by Gasteiger charge is -2.09. The van der Waals surface area contributed by atoms with Gasteiger partial charge in [0.25, 0.3) is 0 Å². The fourth-order valence-electron chi connectivity index (χ4n) is 1.26. The number of thiazole rings is 1. The Labute approximate surface area is 94.3 Å². The molecule has 0 aliphatic heterocycles. The van der Waals surface area contributed by atoms with Crippen LogP contribution in [-0.2, 0) is 4.79 Å². The number of aromatic nitrogens is 1. The summed E-state index contributed by atoms with van der Waals surface area (Å²) in [6.45, 7) is 1.45. The molecule has 1 atom stereocenters. The lowest BCUT2D eigenvalue weighted by atomic mass is 10.3. The Bertz CT molecular complexity index is 586. The molecule has 0 radical (unpaired) electrons. The molecule has 0 saturated heterocycles. The van der Waals surface area contributed by atoms with Crippen LogP contribution in [0.2, 0.25) is 0 Å². The van der Waals surface area contributed by atoms with E-state index in [-0.39, 0.29) is 4.87 Å². The second-order valence-electron chi connectivity index (χ2n) is 3.27. The van der Waals surface area contributed by atoms with Gasteiger partial charge in [0.05, 0.1) is 10.2 Å². The van der Waals surface area contributed by atoms with Gasteiger partial charge in [-0.25, -0.2) is 4.79 Å². The highest BCUT2D eigenvalue weighted by Crippen LogP contribution is 2.21. The Morgan fingerprint density at radius 2 is 2.31 bits per heavy atom. The lowest BCUT2D eigenvalue weighted by Crippen LogP contribution is -2.22. The van der Waals surface area contributed by atoms with Gasteiger partial charge in [0.15, 0.2) is 6.10 Å². The lowest BCUT2D eigenvalue weighted by molar-refractivity contribution is -0.144. The number of rotatable bonds is 3. The number of benzene rings is 1. The van der Waals surface area contributed by atoms with Gasteiger partial charge in [-0.1, -0.05) is 11.3 Å². The van der Waals surface area contributed by atoms with Crippen LogP contribution in [0.4, 0.5) is 0 Å². The van der Waals surface area contributed by atoms with Gasteiger partial charge in [-0.2, -0.15) is 0 Å². The SMILES string of the molecule is CC(Oc1ccc2sc(=O)[nH]c2c1)C(=O)O. The molecule has 1 aromatic heterocycles. The topological polar surface area (TPSA) is 79.4 Å². The molecule has 1 unspecified atom stereocenters. The maximum Gasteiger partial charge on any atom is 0.344 e. The summed E-state index contributed by atoms with van der Waals surface area (Å²) in [5.41, 5.74) is 0.657. The number of ether oxygens (including phenoxy) is 1. The standard InChI is InChI=1S/C10H9NO4S/c1-5(9(12)13)15-6-2-3-8-7(4-6)11-10(14)16-8/h2-5H,1H3,(H,11,14)(H,12,13). The fourth-order valence-corrected chi connectivity index (χ4v) is 1.98. The van der Waals surface area contributed by atoms with Crippen molar-refractivity contribution in [3.05, 3.63) is 27.9 Å². The molecule has 84 valence electrons. The van der Waals surface area contributed by atoms with Crippen molar-refractivity contribution in [2.24, 2.45) is 0 Å². The fraction of sp³-hybridized carbons (Fsp3) is 0.200. The Kier molecular flexibility index (Phi) is 2.66. The number of hydrogen-bond acceptors (Lipinski definition) is 4. The first-order valence-corrected chi connectivity index (χ1v) is 5.40. The summed E-state index contributed by atoms with van der Waals surface area (Å²) in [7, 11) is 0. The number of nitrogens with one attached hydrogen (secondary N) is 1. The zero-order chi connectivity index (χ0) is 11.7. The third kappa shape index (κ3) is 2.06. The van der Waals surface area contributed by atoms with Crippen molar-refractivity contribution in [2.75, 3.05) is 0 Å². The van der Waals surface area contributed by atoms with Crippen LogP contribution < -0.4 is 9.61 Å². The minimum atomic E-state index is -1.03. The predicted octanol–water partition coefficient (Wildman–Crippen LogP) is 1.44. The summed E-state index contributed by atoms with van der Waals surface area (Å²) >= 11 is 1.10. The van der Waals surface area contributed by atoms with Crippen LogP contribution in [0.15, 0.2) is 23.0 Å². The van der Waals surface area contributed by atoms with Gasteiger partial charge in [0.2, 0.25) is 0 Å². The largest absolute Gasteiger partial charge is 0.479 e. The smallest absolute Gasteiger partial charge is 0.344 e. The Balaban J connectivity index is 2.32. The van der Waals surface area contributed by atoms with Crippen LogP contribution >= 0.6 is 11.3 Å². The molecule has 2 rings (SSSR count). The molecule has 1 aromatic carbocycles. The normalized spacial score (nSPS) is 12.6. The van der Waals surface area contributed by atoms with Crippen molar-refractivity contribution in [3.63, 3.8) is 0 Å². The number of H-pyrrole nitrogens is 1. The predicted molar refractivity (Wildman–Crippen MR) is 60.2 cm³/mol. The molecule has 6 heteroatoms. The van der Waals surface area contributed by atoms with E-state index in [9.17, 15) is 9.59 Å². The van der Waals surface area contributed by atoms with Crippen LogP contribution in [0.5, 0.6) is 5.75 Å². The van der Waals surface area contributed by atoms with Crippen molar-refractivity contribution in [3.8, 4) is 5.75 Å². The molecule has 5 nitrogen and oxygen atoms in total. The first-order valence-electron chi connectivity index (χ1n) is 4.58. The molecule has 1 heterocycles. The van der Waals surface area contributed by atoms with Gasteiger partial charge in [0, 0.05) is 6.07 Å². The Morgan fingerprint density at radius 1 is 1.56 bits per heavy atom. The number of aliphatic carboxylic acids is 1. The summed E-state index contributed by atoms with van der Waals surface area (Å²) < 4.78 is 6.00. The summed E-state index contributed by atoms with van der Waals surface area (Å²) in [5.74, 6) is -0.602. The molecule has 0 aliphatic rings. The third-order valence-electron chi connectivity index (χ3n) is 2.05. The highest BCUT2D eigenvalue weighted by molar-refractivity contribution is 7.16. The molecule has 0 aliphatic carbocycles. The van der Waals surface area contributed by atoms with Gasteiger partial charge in [-0.05, 0) is 19.1 Å². The number of carboxylic acid groups (broad SMARTS) is 1. The van der Waals surface area contributed by atoms with Crippen LogP contribution in [0.3, 0.4) is 0 Å². The number of carbonyl (C=O) groups is 1. The number of hydrogen-bond donors (Lipinski definition) is 2. The second kappa shape index (κ2) is 3.97. The summed E-state index contributed by atoms with van der Waals surface area (Å²) in [5, 5.41) is 8.68. The van der Waals surface area contributed by atoms with Crippen molar-refractivity contribution in [1.82, 2.24) is 4.98 Å². The molecular formula is C10H9NO4S. The Hall–Kier alpha value is -1.82. The summed E-state index contributed by atoms with van der Waals surface area (Å²) in [6, 6.07) is 4.99. The molecule has 2 aromatic rings. The zero-order valence-corrected chi connectivity index (χ0v) is 9.21. The van der Waals surface area contributed by atoms with Gasteiger partial charge in [0.1, 0.15) is 5.75 Å². The van der Waals surface area contributed by atoms with Crippen LogP contribution in [0.1, 0.15) is 6.92 Å². The van der Waals surface area contributed by atoms with E-state index in [2.05, 4.69) is 4.98 Å². The molecule has 0 fully saturated rings. The minimum Gasteiger partial charge on any atom is -0.479 e. The first-order chi connectivity index (χ1) is 7.56. The van der Waals surface area contributed by atoms with E-state index in [1.807, 2.05) is 0 Å². The van der Waals surface area contributed by atoms with E-state index in [0.717, 1.165) is 16.0 Å². The minimum absolute atomic E-state index is 0.140. The average Bonchev–Trinajstić information content (AvgIpc) is 2.57. The molecule has 0 bridgehead atoms. The second-order valence-corrected chi connectivity index (χ2v) is 4.29. The van der Waals surface area contributed by atoms with Gasteiger partial charge in [-0.3, -0.25) is 4.79 Å². The van der Waals surface area contributed by atoms with E-state index in [1.165, 1.54) is 6.92 Å². The number of aromatic amines is 1. The summed E-state index contributed by atoms with van der Waals surface area (Å²) in [6.07, 6.45) is -0.914. The quantitative estimate of drug-likeness (QED) is 0.849. The van der Waals surface area contributed by atoms with Crippen LogP contribution in [-0.4, -0.2) is 22.2 Å².